The minimum atomic E-state index is -4.23. The summed E-state index contributed by atoms with van der Waals surface area (Å²) < 4.78 is 50.0. The van der Waals surface area contributed by atoms with Gasteiger partial charge in [-0.15, -0.1) is 0 Å². The van der Waals surface area contributed by atoms with Crippen LogP contribution in [0.5, 0.6) is 0 Å². The van der Waals surface area contributed by atoms with Crippen molar-refractivity contribution in [3.8, 4) is 0 Å². The van der Waals surface area contributed by atoms with Gasteiger partial charge in [0, 0.05) is 18.7 Å². The summed E-state index contributed by atoms with van der Waals surface area (Å²) in [5, 5.41) is 0. The summed E-state index contributed by atoms with van der Waals surface area (Å²) in [5.41, 5.74) is 6.29. The fourth-order valence-electron chi connectivity index (χ4n) is 1.67. The molecule has 0 fully saturated rings. The van der Waals surface area contributed by atoms with E-state index >= 15 is 0 Å². The maximum atomic E-state index is 13.2. The monoisotopic (exact) mass is 264 g/mol. The van der Waals surface area contributed by atoms with Gasteiger partial charge >= 0.3 is 6.18 Å². The maximum absolute atomic E-state index is 13.2. The van der Waals surface area contributed by atoms with Crippen molar-refractivity contribution in [3.63, 3.8) is 0 Å². The van der Waals surface area contributed by atoms with Gasteiger partial charge in [0.1, 0.15) is 5.82 Å². The van der Waals surface area contributed by atoms with Crippen molar-refractivity contribution in [2.75, 3.05) is 13.1 Å². The van der Waals surface area contributed by atoms with Gasteiger partial charge in [-0.3, -0.25) is 4.90 Å². The molecule has 1 aromatic rings. The van der Waals surface area contributed by atoms with E-state index in [4.69, 9.17) is 5.73 Å². The summed E-state index contributed by atoms with van der Waals surface area (Å²) in [6, 6.07) is 4.22. The highest BCUT2D eigenvalue weighted by Crippen LogP contribution is 2.18. The topological polar surface area (TPSA) is 29.3 Å². The number of hydrogen-bond donors (Lipinski definition) is 1. The van der Waals surface area contributed by atoms with Crippen LogP contribution in [-0.4, -0.2) is 24.2 Å². The molecule has 18 heavy (non-hydrogen) atoms. The van der Waals surface area contributed by atoms with E-state index in [1.54, 1.807) is 6.92 Å². The Bertz CT molecular complexity index is 390. The molecule has 0 amide bonds. The smallest absolute Gasteiger partial charge is 0.326 e. The molecule has 2 N–H and O–H groups in total. The Hall–Kier alpha value is -1.14. The van der Waals surface area contributed by atoms with Crippen molar-refractivity contribution in [3.05, 3.63) is 35.1 Å². The molecular weight excluding hydrogens is 248 g/mol. The summed E-state index contributed by atoms with van der Waals surface area (Å²) in [5.74, 6) is -0.430. The molecule has 0 heterocycles. The van der Waals surface area contributed by atoms with E-state index in [0.717, 1.165) is 0 Å². The highest BCUT2D eigenvalue weighted by Gasteiger charge is 2.30. The lowest BCUT2D eigenvalue weighted by Gasteiger charge is -2.22. The average Bonchev–Trinajstić information content (AvgIpc) is 2.29. The van der Waals surface area contributed by atoms with Crippen molar-refractivity contribution < 1.29 is 17.6 Å². The van der Waals surface area contributed by atoms with Crippen LogP contribution in [-0.2, 0) is 13.1 Å². The Kier molecular flexibility index (Phi) is 5.10. The normalized spacial score (nSPS) is 12.2. The first kappa shape index (κ1) is 14.9. The van der Waals surface area contributed by atoms with Gasteiger partial charge in [-0.25, -0.2) is 4.39 Å². The molecule has 0 unspecified atom stereocenters. The fraction of sp³-hybridized carbons (Fsp3) is 0.500. The van der Waals surface area contributed by atoms with Crippen LogP contribution in [0.25, 0.3) is 0 Å². The molecular formula is C12H16F4N2. The van der Waals surface area contributed by atoms with Crippen molar-refractivity contribution in [1.29, 1.82) is 0 Å². The molecule has 102 valence electrons. The zero-order valence-corrected chi connectivity index (χ0v) is 10.1. The highest BCUT2D eigenvalue weighted by molar-refractivity contribution is 5.25. The molecule has 0 bridgehead atoms. The Morgan fingerprint density at radius 3 is 2.44 bits per heavy atom. The second-order valence-electron chi connectivity index (χ2n) is 4.05. The number of halogens is 4. The summed E-state index contributed by atoms with van der Waals surface area (Å²) in [6.07, 6.45) is -4.23. The zero-order chi connectivity index (χ0) is 13.8. The van der Waals surface area contributed by atoms with Crippen LogP contribution in [0, 0.1) is 5.82 Å². The highest BCUT2D eigenvalue weighted by atomic mass is 19.4. The van der Waals surface area contributed by atoms with E-state index < -0.39 is 18.5 Å². The third-order valence-electron chi connectivity index (χ3n) is 2.59. The quantitative estimate of drug-likeness (QED) is 0.828. The molecule has 1 rings (SSSR count). The summed E-state index contributed by atoms with van der Waals surface area (Å²) >= 11 is 0. The van der Waals surface area contributed by atoms with Crippen molar-refractivity contribution in [2.24, 2.45) is 5.73 Å². The molecule has 0 aromatic heterocycles. The van der Waals surface area contributed by atoms with Gasteiger partial charge in [0.05, 0.1) is 6.54 Å². The first-order valence-corrected chi connectivity index (χ1v) is 5.62. The number of benzene rings is 1. The van der Waals surface area contributed by atoms with Crippen LogP contribution < -0.4 is 5.73 Å². The summed E-state index contributed by atoms with van der Waals surface area (Å²) in [6.45, 7) is 1.11. The number of rotatable bonds is 5. The van der Waals surface area contributed by atoms with Crippen molar-refractivity contribution in [2.45, 2.75) is 26.2 Å². The van der Waals surface area contributed by atoms with Crippen molar-refractivity contribution in [1.82, 2.24) is 4.90 Å². The van der Waals surface area contributed by atoms with E-state index in [1.165, 1.54) is 23.1 Å². The Balaban J connectivity index is 2.76. The van der Waals surface area contributed by atoms with E-state index in [-0.39, 0.29) is 19.6 Å². The Morgan fingerprint density at radius 2 is 1.94 bits per heavy atom. The van der Waals surface area contributed by atoms with Gasteiger partial charge in [0.25, 0.3) is 0 Å². The van der Waals surface area contributed by atoms with E-state index in [1.807, 2.05) is 0 Å². The van der Waals surface area contributed by atoms with Crippen LogP contribution >= 0.6 is 0 Å². The lowest BCUT2D eigenvalue weighted by Crippen LogP contribution is -2.33. The molecule has 1 aromatic carbocycles. The van der Waals surface area contributed by atoms with Crippen LogP contribution in [0.1, 0.15) is 18.1 Å². The first-order valence-electron chi connectivity index (χ1n) is 5.62. The van der Waals surface area contributed by atoms with Crippen molar-refractivity contribution >= 4 is 0 Å². The SMILES string of the molecule is CCN(Cc1ccc(F)c(CN)c1)CC(F)(F)F. The second-order valence-corrected chi connectivity index (χ2v) is 4.05. The van der Waals surface area contributed by atoms with Gasteiger partial charge in [0.15, 0.2) is 0 Å². The molecule has 2 nitrogen and oxygen atoms in total. The lowest BCUT2D eigenvalue weighted by molar-refractivity contribution is -0.146. The summed E-state index contributed by atoms with van der Waals surface area (Å²) in [7, 11) is 0. The van der Waals surface area contributed by atoms with E-state index in [9.17, 15) is 17.6 Å². The molecule has 0 aliphatic rings. The van der Waals surface area contributed by atoms with Gasteiger partial charge in [-0.1, -0.05) is 19.1 Å². The summed E-state index contributed by atoms with van der Waals surface area (Å²) in [4.78, 5) is 1.24. The molecule has 0 saturated heterocycles. The van der Waals surface area contributed by atoms with Crippen LogP contribution in [0.15, 0.2) is 18.2 Å². The number of nitrogens with two attached hydrogens (primary N) is 1. The third-order valence-corrected chi connectivity index (χ3v) is 2.59. The Morgan fingerprint density at radius 1 is 1.28 bits per heavy atom. The first-order chi connectivity index (χ1) is 8.35. The molecule has 0 atom stereocenters. The fourth-order valence-corrected chi connectivity index (χ4v) is 1.67. The third kappa shape index (κ3) is 4.62. The Labute approximate surface area is 103 Å². The molecule has 6 heteroatoms. The largest absolute Gasteiger partial charge is 0.401 e. The standard InChI is InChI=1S/C12H16F4N2/c1-2-18(8-12(14,15)16)7-9-3-4-11(13)10(5-9)6-17/h3-5H,2,6-8,17H2,1H3. The van der Waals surface area contributed by atoms with Crippen LogP contribution in [0.2, 0.25) is 0 Å². The minimum absolute atomic E-state index is 0.0328. The number of alkyl halides is 3. The predicted molar refractivity (Wildman–Crippen MR) is 61.3 cm³/mol. The van der Waals surface area contributed by atoms with Gasteiger partial charge in [-0.2, -0.15) is 13.2 Å². The average molecular weight is 264 g/mol. The van der Waals surface area contributed by atoms with Gasteiger partial charge in [0.2, 0.25) is 0 Å². The molecule has 0 aliphatic carbocycles. The van der Waals surface area contributed by atoms with E-state index in [2.05, 4.69) is 0 Å². The van der Waals surface area contributed by atoms with E-state index in [0.29, 0.717) is 11.1 Å². The van der Waals surface area contributed by atoms with Gasteiger partial charge in [-0.05, 0) is 18.2 Å². The van der Waals surface area contributed by atoms with Crippen LogP contribution in [0.3, 0.4) is 0 Å². The molecule has 0 spiro atoms. The second kappa shape index (κ2) is 6.15. The number of hydrogen-bond acceptors (Lipinski definition) is 2. The maximum Gasteiger partial charge on any atom is 0.401 e. The molecule has 0 aliphatic heterocycles. The zero-order valence-electron chi connectivity index (χ0n) is 10.1. The molecule has 0 radical (unpaired) electrons. The van der Waals surface area contributed by atoms with Crippen LogP contribution in [0.4, 0.5) is 17.6 Å². The predicted octanol–water partition coefficient (Wildman–Crippen LogP) is 2.67. The number of nitrogens with zero attached hydrogens (tertiary/aromatic N) is 1. The minimum Gasteiger partial charge on any atom is -0.326 e. The van der Waals surface area contributed by atoms with Gasteiger partial charge < -0.3 is 5.73 Å². The lowest BCUT2D eigenvalue weighted by atomic mass is 10.1. The molecule has 0 saturated carbocycles.